The molecule has 1 heterocycles. The number of carboxylic acids is 1. The molecule has 0 atom stereocenters. The van der Waals surface area contributed by atoms with Crippen LogP contribution in [0.1, 0.15) is 5.56 Å². The fourth-order valence-electron chi connectivity index (χ4n) is 1.63. The molecule has 1 aromatic heterocycles. The minimum Gasteiger partial charge on any atom is -0.481 e. The van der Waals surface area contributed by atoms with Crippen molar-refractivity contribution in [2.45, 2.75) is 6.42 Å². The summed E-state index contributed by atoms with van der Waals surface area (Å²) in [6.45, 7) is 0. The normalized spacial score (nSPS) is 10.3. The van der Waals surface area contributed by atoms with Gasteiger partial charge in [-0.2, -0.15) is 0 Å². The van der Waals surface area contributed by atoms with Crippen molar-refractivity contribution in [2.75, 3.05) is 0 Å². The maximum absolute atomic E-state index is 13.6. The highest BCUT2D eigenvalue weighted by molar-refractivity contribution is 5.70. The third kappa shape index (κ3) is 2.45. The maximum atomic E-state index is 13.6. The van der Waals surface area contributed by atoms with E-state index in [0.29, 0.717) is 5.69 Å². The predicted octanol–water partition coefficient (Wildman–Crippen LogP) is 1.60. The first-order chi connectivity index (χ1) is 8.58. The van der Waals surface area contributed by atoms with Crippen molar-refractivity contribution in [1.29, 1.82) is 0 Å². The molecule has 0 spiro atoms. The molecule has 0 saturated heterocycles. The molecule has 0 bridgehead atoms. The first kappa shape index (κ1) is 12.0. The van der Waals surface area contributed by atoms with Crippen LogP contribution >= 0.6 is 0 Å². The molecule has 2 aromatic rings. The SMILES string of the molecule is O=C(O)Cc1ccc(-n2ccccc2=O)cc1F. The Bertz CT molecular complexity index is 649. The van der Waals surface area contributed by atoms with Crippen molar-refractivity contribution in [3.63, 3.8) is 0 Å². The minimum absolute atomic E-state index is 0.0928. The molecular formula is C13H10FNO3. The number of carboxylic acid groups (broad SMARTS) is 1. The molecule has 92 valence electrons. The van der Waals surface area contributed by atoms with Crippen molar-refractivity contribution in [2.24, 2.45) is 0 Å². The number of nitrogens with zero attached hydrogens (tertiary/aromatic N) is 1. The van der Waals surface area contributed by atoms with Gasteiger partial charge in [0.2, 0.25) is 0 Å². The van der Waals surface area contributed by atoms with Gasteiger partial charge in [0.1, 0.15) is 5.82 Å². The summed E-state index contributed by atoms with van der Waals surface area (Å²) in [5.74, 6) is -1.73. The summed E-state index contributed by atoms with van der Waals surface area (Å²) in [7, 11) is 0. The van der Waals surface area contributed by atoms with Gasteiger partial charge in [-0.1, -0.05) is 12.1 Å². The number of hydrogen-bond acceptors (Lipinski definition) is 2. The van der Waals surface area contributed by atoms with Crippen LogP contribution in [0.15, 0.2) is 47.4 Å². The van der Waals surface area contributed by atoms with Crippen molar-refractivity contribution < 1.29 is 14.3 Å². The van der Waals surface area contributed by atoms with Crippen LogP contribution in [0.2, 0.25) is 0 Å². The van der Waals surface area contributed by atoms with Gasteiger partial charge in [-0.15, -0.1) is 0 Å². The van der Waals surface area contributed by atoms with E-state index in [1.807, 2.05) is 0 Å². The van der Waals surface area contributed by atoms with Crippen LogP contribution in [0.25, 0.3) is 5.69 Å². The van der Waals surface area contributed by atoms with E-state index in [2.05, 4.69) is 0 Å². The van der Waals surface area contributed by atoms with Gasteiger partial charge >= 0.3 is 5.97 Å². The molecule has 0 aliphatic carbocycles. The number of benzene rings is 1. The van der Waals surface area contributed by atoms with E-state index < -0.39 is 11.8 Å². The lowest BCUT2D eigenvalue weighted by Gasteiger charge is -2.07. The summed E-state index contributed by atoms with van der Waals surface area (Å²) in [5, 5.41) is 8.60. The lowest BCUT2D eigenvalue weighted by atomic mass is 10.1. The molecule has 0 aliphatic heterocycles. The zero-order valence-corrected chi connectivity index (χ0v) is 9.34. The first-order valence-corrected chi connectivity index (χ1v) is 5.26. The van der Waals surface area contributed by atoms with Gasteiger partial charge in [-0.25, -0.2) is 4.39 Å². The Morgan fingerprint density at radius 3 is 2.67 bits per heavy atom. The molecule has 0 aliphatic rings. The molecule has 0 radical (unpaired) electrons. The Kier molecular flexibility index (Phi) is 3.23. The molecule has 0 amide bonds. The van der Waals surface area contributed by atoms with Gasteiger partial charge in [-0.3, -0.25) is 14.2 Å². The Balaban J connectivity index is 2.44. The van der Waals surface area contributed by atoms with Gasteiger partial charge in [-0.05, 0) is 23.8 Å². The van der Waals surface area contributed by atoms with Crippen molar-refractivity contribution in [1.82, 2.24) is 4.57 Å². The van der Waals surface area contributed by atoms with Crippen LogP contribution in [0.3, 0.4) is 0 Å². The highest BCUT2D eigenvalue weighted by atomic mass is 19.1. The number of halogens is 1. The second kappa shape index (κ2) is 4.83. The lowest BCUT2D eigenvalue weighted by molar-refractivity contribution is -0.136. The zero-order chi connectivity index (χ0) is 13.1. The van der Waals surface area contributed by atoms with E-state index in [4.69, 9.17) is 5.11 Å². The van der Waals surface area contributed by atoms with E-state index in [1.54, 1.807) is 12.1 Å². The maximum Gasteiger partial charge on any atom is 0.307 e. The van der Waals surface area contributed by atoms with Crippen LogP contribution in [-0.2, 0) is 11.2 Å². The predicted molar refractivity (Wildman–Crippen MR) is 63.3 cm³/mol. The summed E-state index contributed by atoms with van der Waals surface area (Å²) >= 11 is 0. The van der Waals surface area contributed by atoms with Gasteiger partial charge in [0.15, 0.2) is 0 Å². The van der Waals surface area contributed by atoms with Gasteiger partial charge in [0.25, 0.3) is 5.56 Å². The third-order valence-electron chi connectivity index (χ3n) is 2.48. The highest BCUT2D eigenvalue weighted by Gasteiger charge is 2.08. The summed E-state index contributed by atoms with van der Waals surface area (Å²) in [5.41, 5.74) is 0.186. The number of pyridine rings is 1. The largest absolute Gasteiger partial charge is 0.481 e. The average molecular weight is 247 g/mol. The second-order valence-corrected chi connectivity index (χ2v) is 3.76. The quantitative estimate of drug-likeness (QED) is 0.896. The lowest BCUT2D eigenvalue weighted by Crippen LogP contribution is -2.16. The number of rotatable bonds is 3. The summed E-state index contributed by atoms with van der Waals surface area (Å²) in [6.07, 6.45) is 1.14. The van der Waals surface area contributed by atoms with Gasteiger partial charge in [0.05, 0.1) is 12.1 Å². The summed E-state index contributed by atoms with van der Waals surface area (Å²) in [6, 6.07) is 8.65. The minimum atomic E-state index is -1.10. The molecule has 18 heavy (non-hydrogen) atoms. The highest BCUT2D eigenvalue weighted by Crippen LogP contribution is 2.13. The number of aliphatic carboxylic acids is 1. The fraction of sp³-hybridized carbons (Fsp3) is 0.0769. The standard InChI is InChI=1S/C13H10FNO3/c14-11-8-10(5-4-9(11)7-13(17)18)15-6-2-1-3-12(15)16/h1-6,8H,7H2,(H,17,18). The van der Waals surface area contributed by atoms with E-state index in [9.17, 15) is 14.0 Å². The Labute approximate surface area is 102 Å². The molecule has 5 heteroatoms. The Hall–Kier alpha value is -2.43. The van der Waals surface area contributed by atoms with Crippen LogP contribution in [0.5, 0.6) is 0 Å². The van der Waals surface area contributed by atoms with Crippen LogP contribution in [0.4, 0.5) is 4.39 Å². The Morgan fingerprint density at radius 2 is 2.06 bits per heavy atom. The molecule has 1 aromatic carbocycles. The Morgan fingerprint density at radius 1 is 1.28 bits per heavy atom. The molecule has 0 unspecified atom stereocenters. The number of carbonyl (C=O) groups is 1. The second-order valence-electron chi connectivity index (χ2n) is 3.76. The van der Waals surface area contributed by atoms with Crippen molar-refractivity contribution in [3.05, 3.63) is 64.3 Å². The first-order valence-electron chi connectivity index (χ1n) is 5.26. The molecule has 0 fully saturated rings. The van der Waals surface area contributed by atoms with Gasteiger partial charge in [0, 0.05) is 12.3 Å². The number of hydrogen-bond donors (Lipinski definition) is 1. The van der Waals surface area contributed by atoms with E-state index in [1.165, 1.54) is 29.0 Å². The van der Waals surface area contributed by atoms with E-state index in [0.717, 1.165) is 6.07 Å². The van der Waals surface area contributed by atoms with E-state index in [-0.39, 0.29) is 17.5 Å². The number of aromatic nitrogens is 1. The molecular weight excluding hydrogens is 237 g/mol. The average Bonchev–Trinajstić information content (AvgIpc) is 2.32. The van der Waals surface area contributed by atoms with Crippen molar-refractivity contribution >= 4 is 5.97 Å². The van der Waals surface area contributed by atoms with Crippen molar-refractivity contribution in [3.8, 4) is 5.69 Å². The smallest absolute Gasteiger partial charge is 0.307 e. The van der Waals surface area contributed by atoms with Gasteiger partial charge < -0.3 is 5.11 Å². The zero-order valence-electron chi connectivity index (χ0n) is 9.34. The van der Waals surface area contributed by atoms with Crippen LogP contribution < -0.4 is 5.56 Å². The topological polar surface area (TPSA) is 59.3 Å². The van der Waals surface area contributed by atoms with Crippen LogP contribution in [0, 0.1) is 5.82 Å². The fourth-order valence-corrected chi connectivity index (χ4v) is 1.63. The molecule has 4 nitrogen and oxygen atoms in total. The molecule has 0 saturated carbocycles. The molecule has 1 N–H and O–H groups in total. The summed E-state index contributed by atoms with van der Waals surface area (Å²) < 4.78 is 14.9. The summed E-state index contributed by atoms with van der Waals surface area (Å²) in [4.78, 5) is 22.0. The monoisotopic (exact) mass is 247 g/mol. The third-order valence-corrected chi connectivity index (χ3v) is 2.48. The van der Waals surface area contributed by atoms with Crippen LogP contribution in [-0.4, -0.2) is 15.6 Å². The molecule has 2 rings (SSSR count). The van der Waals surface area contributed by atoms with E-state index >= 15 is 0 Å².